The van der Waals surface area contributed by atoms with Crippen LogP contribution in [0.25, 0.3) is 22.3 Å². The van der Waals surface area contributed by atoms with E-state index in [0.29, 0.717) is 19.2 Å². The minimum Gasteiger partial charge on any atom is -0.378 e. The highest BCUT2D eigenvalue weighted by Crippen LogP contribution is 2.29. The topological polar surface area (TPSA) is 108 Å². The quantitative estimate of drug-likeness (QED) is 0.754. The second-order valence-electron chi connectivity index (χ2n) is 6.39. The Morgan fingerprint density at radius 3 is 2.58 bits per heavy atom. The molecule has 26 heavy (non-hydrogen) atoms. The molecule has 1 unspecified atom stereocenters. The summed E-state index contributed by atoms with van der Waals surface area (Å²) < 4.78 is 7.41. The van der Waals surface area contributed by atoms with E-state index < -0.39 is 0 Å². The van der Waals surface area contributed by atoms with Gasteiger partial charge in [-0.15, -0.1) is 0 Å². The van der Waals surface area contributed by atoms with Crippen molar-refractivity contribution in [1.29, 1.82) is 0 Å². The zero-order valence-corrected chi connectivity index (χ0v) is 15.0. The van der Waals surface area contributed by atoms with Crippen LogP contribution in [0.15, 0.2) is 18.6 Å². The van der Waals surface area contributed by atoms with Gasteiger partial charge in [0.25, 0.3) is 0 Å². The third-order valence-corrected chi connectivity index (χ3v) is 4.69. The van der Waals surface area contributed by atoms with E-state index in [4.69, 9.17) is 20.4 Å². The van der Waals surface area contributed by atoms with Crippen molar-refractivity contribution in [3.63, 3.8) is 0 Å². The molecule has 1 fully saturated rings. The Bertz CT molecular complexity index is 901. The number of morpholine rings is 1. The molecule has 9 nitrogen and oxygen atoms in total. The van der Waals surface area contributed by atoms with Crippen LogP contribution in [0, 0.1) is 0 Å². The summed E-state index contributed by atoms with van der Waals surface area (Å²) in [6.45, 7) is 7.14. The van der Waals surface area contributed by atoms with Crippen molar-refractivity contribution in [2.24, 2.45) is 0 Å². The standard InChI is InChI=1S/C17H22N8O/c1-3-11(2)25-15-13(10-21-25)14(12-8-19-16(18)20-9-12)22-17(23-15)24-4-6-26-7-5-24/h8-11H,3-7H2,1-2H3,(H2,18,19,20). The highest BCUT2D eigenvalue weighted by atomic mass is 16.5. The Hall–Kier alpha value is -2.81. The molecule has 0 saturated carbocycles. The van der Waals surface area contributed by atoms with Crippen molar-refractivity contribution in [3.05, 3.63) is 18.6 Å². The lowest BCUT2D eigenvalue weighted by atomic mass is 10.2. The van der Waals surface area contributed by atoms with Crippen molar-refractivity contribution < 1.29 is 4.74 Å². The van der Waals surface area contributed by atoms with Crippen LogP contribution in [0.2, 0.25) is 0 Å². The summed E-state index contributed by atoms with van der Waals surface area (Å²) in [5, 5.41) is 5.45. The molecule has 136 valence electrons. The molecule has 4 rings (SSSR count). The van der Waals surface area contributed by atoms with Crippen LogP contribution in [0.5, 0.6) is 0 Å². The minimum absolute atomic E-state index is 0.239. The number of hydrogen-bond donors (Lipinski definition) is 1. The summed E-state index contributed by atoms with van der Waals surface area (Å²) in [7, 11) is 0. The Labute approximate surface area is 151 Å². The van der Waals surface area contributed by atoms with Crippen molar-refractivity contribution in [1.82, 2.24) is 29.7 Å². The van der Waals surface area contributed by atoms with Crippen LogP contribution in [0.1, 0.15) is 26.3 Å². The summed E-state index contributed by atoms with van der Waals surface area (Å²) in [5.41, 5.74) is 8.02. The number of rotatable bonds is 4. The fourth-order valence-corrected chi connectivity index (χ4v) is 2.99. The number of hydrogen-bond acceptors (Lipinski definition) is 8. The SMILES string of the molecule is CCC(C)n1ncc2c(-c3cnc(N)nc3)nc(N3CCOCC3)nc21. The number of fused-ring (bicyclic) bond motifs is 1. The highest BCUT2D eigenvalue weighted by Gasteiger charge is 2.21. The van der Waals surface area contributed by atoms with E-state index in [2.05, 4.69) is 33.8 Å². The van der Waals surface area contributed by atoms with Crippen LogP contribution in [0.4, 0.5) is 11.9 Å². The lowest BCUT2D eigenvalue weighted by Crippen LogP contribution is -2.37. The zero-order valence-electron chi connectivity index (χ0n) is 15.0. The first-order valence-electron chi connectivity index (χ1n) is 8.83. The van der Waals surface area contributed by atoms with E-state index in [9.17, 15) is 0 Å². The first-order valence-corrected chi connectivity index (χ1v) is 8.83. The molecule has 0 aromatic carbocycles. The largest absolute Gasteiger partial charge is 0.378 e. The van der Waals surface area contributed by atoms with Gasteiger partial charge < -0.3 is 15.4 Å². The number of nitrogen functional groups attached to an aromatic ring is 1. The maximum Gasteiger partial charge on any atom is 0.228 e. The van der Waals surface area contributed by atoms with Gasteiger partial charge >= 0.3 is 0 Å². The molecule has 9 heteroatoms. The van der Waals surface area contributed by atoms with Gasteiger partial charge in [-0.3, -0.25) is 0 Å². The van der Waals surface area contributed by atoms with E-state index >= 15 is 0 Å². The van der Waals surface area contributed by atoms with Gasteiger partial charge in [0, 0.05) is 31.0 Å². The van der Waals surface area contributed by atoms with Gasteiger partial charge in [0.2, 0.25) is 11.9 Å². The smallest absolute Gasteiger partial charge is 0.228 e. The predicted octanol–water partition coefficient (Wildman–Crippen LogP) is 1.67. The second-order valence-corrected chi connectivity index (χ2v) is 6.39. The highest BCUT2D eigenvalue weighted by molar-refractivity contribution is 5.91. The summed E-state index contributed by atoms with van der Waals surface area (Å²) in [6, 6.07) is 0.246. The third kappa shape index (κ3) is 2.94. The average Bonchev–Trinajstić information content (AvgIpc) is 3.12. The molecule has 3 aromatic heterocycles. The number of nitrogens with two attached hydrogens (primary N) is 1. The molecule has 1 atom stereocenters. The molecule has 2 N–H and O–H groups in total. The fourth-order valence-electron chi connectivity index (χ4n) is 2.99. The van der Waals surface area contributed by atoms with Gasteiger partial charge in [0.15, 0.2) is 5.65 Å². The fraction of sp³-hybridized carbons (Fsp3) is 0.471. The molecule has 0 aliphatic carbocycles. The summed E-state index contributed by atoms with van der Waals surface area (Å²) in [5.74, 6) is 0.917. The Balaban J connectivity index is 1.90. The van der Waals surface area contributed by atoms with Gasteiger partial charge in [0.05, 0.1) is 36.5 Å². The van der Waals surface area contributed by atoms with Crippen LogP contribution < -0.4 is 10.6 Å². The van der Waals surface area contributed by atoms with E-state index in [1.807, 2.05) is 10.9 Å². The first-order chi connectivity index (χ1) is 12.7. The maximum atomic E-state index is 5.63. The molecule has 0 amide bonds. The molecule has 4 heterocycles. The summed E-state index contributed by atoms with van der Waals surface area (Å²) in [6.07, 6.45) is 6.16. The van der Waals surface area contributed by atoms with Crippen molar-refractivity contribution in [3.8, 4) is 11.3 Å². The van der Waals surface area contributed by atoms with Crippen molar-refractivity contribution >= 4 is 22.9 Å². The maximum absolute atomic E-state index is 5.63. The molecule has 0 bridgehead atoms. The van der Waals surface area contributed by atoms with Crippen LogP contribution >= 0.6 is 0 Å². The van der Waals surface area contributed by atoms with Gasteiger partial charge in [-0.2, -0.15) is 10.1 Å². The van der Waals surface area contributed by atoms with Crippen molar-refractivity contribution in [2.75, 3.05) is 36.9 Å². The predicted molar refractivity (Wildman–Crippen MR) is 98.8 cm³/mol. The lowest BCUT2D eigenvalue weighted by molar-refractivity contribution is 0.122. The normalized spacial score (nSPS) is 16.2. The van der Waals surface area contributed by atoms with E-state index in [1.54, 1.807) is 12.4 Å². The minimum atomic E-state index is 0.239. The second kappa shape index (κ2) is 6.83. The molecule has 0 spiro atoms. The summed E-state index contributed by atoms with van der Waals surface area (Å²) in [4.78, 5) is 20.0. The van der Waals surface area contributed by atoms with Crippen molar-refractivity contribution in [2.45, 2.75) is 26.3 Å². The van der Waals surface area contributed by atoms with Gasteiger partial charge in [-0.25, -0.2) is 19.6 Å². The zero-order chi connectivity index (χ0) is 18.1. The molecule has 1 aliphatic rings. The van der Waals surface area contributed by atoms with Gasteiger partial charge in [0.1, 0.15) is 0 Å². The number of ether oxygens (including phenoxy) is 1. The summed E-state index contributed by atoms with van der Waals surface area (Å²) >= 11 is 0. The molecular weight excluding hydrogens is 332 g/mol. The van der Waals surface area contributed by atoms with Crippen LogP contribution in [0.3, 0.4) is 0 Å². The third-order valence-electron chi connectivity index (χ3n) is 4.69. The Morgan fingerprint density at radius 1 is 1.15 bits per heavy atom. The van der Waals surface area contributed by atoms with Gasteiger partial charge in [-0.05, 0) is 13.3 Å². The van der Waals surface area contributed by atoms with E-state index in [1.165, 1.54) is 0 Å². The van der Waals surface area contributed by atoms with Crippen LogP contribution in [-0.4, -0.2) is 56.0 Å². The number of nitrogens with zero attached hydrogens (tertiary/aromatic N) is 7. The first kappa shape index (κ1) is 16.6. The average molecular weight is 354 g/mol. The monoisotopic (exact) mass is 354 g/mol. The molecule has 0 radical (unpaired) electrons. The lowest BCUT2D eigenvalue weighted by Gasteiger charge is -2.27. The molecular formula is C17H22N8O. The molecule has 3 aromatic rings. The Kier molecular flexibility index (Phi) is 4.37. The Morgan fingerprint density at radius 2 is 1.88 bits per heavy atom. The number of aromatic nitrogens is 6. The number of anilines is 2. The van der Waals surface area contributed by atoms with E-state index in [-0.39, 0.29) is 12.0 Å². The van der Waals surface area contributed by atoms with E-state index in [0.717, 1.165) is 41.8 Å². The molecule has 1 aliphatic heterocycles. The molecule has 1 saturated heterocycles. The van der Waals surface area contributed by atoms with Crippen LogP contribution in [-0.2, 0) is 4.74 Å². The van der Waals surface area contributed by atoms with Gasteiger partial charge in [-0.1, -0.05) is 6.92 Å².